The van der Waals surface area contributed by atoms with Crippen LogP contribution in [0.4, 0.5) is 4.79 Å². The van der Waals surface area contributed by atoms with Crippen molar-refractivity contribution in [2.24, 2.45) is 0 Å². The SMILES string of the molecule is Br.O=C(O)O.[BaH2].[BaH2]. The van der Waals surface area contributed by atoms with Gasteiger partial charge in [0.05, 0.1) is 0 Å². The topological polar surface area (TPSA) is 57.5 Å². The molecule has 0 aromatic carbocycles. The Kier molecular flexibility index (Phi) is 51.3. The molecule has 0 aliphatic carbocycles. The van der Waals surface area contributed by atoms with E-state index >= 15 is 0 Å². The molecule has 0 radical (unpaired) electrons. The zero-order valence-electron chi connectivity index (χ0n) is 2.21. The predicted octanol–water partition coefficient (Wildman–Crippen LogP) is -1.03. The molecule has 0 atom stereocenters. The van der Waals surface area contributed by atoms with Gasteiger partial charge in [-0.25, -0.2) is 4.79 Å². The van der Waals surface area contributed by atoms with Crippen LogP contribution in [0, 0.1) is 0 Å². The Morgan fingerprint density at radius 1 is 1.14 bits per heavy atom. The first-order valence-corrected chi connectivity index (χ1v) is 0.651. The summed E-state index contributed by atoms with van der Waals surface area (Å²) in [4.78, 5) is 8.56. The average molecular weight is 422 g/mol. The Balaban J connectivity index is -0.0000000150. The Bertz CT molecular complexity index is 35.9. The van der Waals surface area contributed by atoms with E-state index in [1.54, 1.807) is 0 Å². The summed E-state index contributed by atoms with van der Waals surface area (Å²) < 4.78 is 0. The third-order valence-electron chi connectivity index (χ3n) is 0. The predicted molar refractivity (Wildman–Crippen MR) is 38.1 cm³/mol. The van der Waals surface area contributed by atoms with E-state index in [-0.39, 0.29) is 115 Å². The second-order valence-corrected chi connectivity index (χ2v) is 0.283. The minimum absolute atomic E-state index is 0. The second-order valence-electron chi connectivity index (χ2n) is 0.283. The van der Waals surface area contributed by atoms with Crippen molar-refractivity contribution in [1.82, 2.24) is 0 Å². The molecule has 0 spiro atoms. The fraction of sp³-hybridized carbons (Fsp3) is 0. The Labute approximate surface area is 132 Å². The van der Waals surface area contributed by atoms with Crippen molar-refractivity contribution in [2.75, 3.05) is 0 Å². The first-order chi connectivity index (χ1) is 1.73. The van der Waals surface area contributed by atoms with Gasteiger partial charge in [-0.2, -0.15) is 0 Å². The van der Waals surface area contributed by atoms with Crippen LogP contribution in [0.2, 0.25) is 0 Å². The van der Waals surface area contributed by atoms with Gasteiger partial charge in [-0.1, -0.05) is 0 Å². The van der Waals surface area contributed by atoms with Gasteiger partial charge >= 0.3 is 104 Å². The minimum atomic E-state index is -1.83. The molecule has 2 N–H and O–H groups in total. The number of carboxylic acid groups (broad SMARTS) is 2. The zero-order chi connectivity index (χ0) is 3.58. The Hall–Kier alpha value is 2.89. The van der Waals surface area contributed by atoms with E-state index < -0.39 is 6.16 Å². The molecule has 0 rings (SSSR count). The first-order valence-electron chi connectivity index (χ1n) is 0.651. The summed E-state index contributed by atoms with van der Waals surface area (Å²) in [6, 6.07) is 0. The number of halogens is 1. The molecule has 0 aromatic heterocycles. The molecule has 0 heterocycles. The molecular weight excluding hydrogens is 415 g/mol. The third kappa shape index (κ3) is 50.5. The number of rotatable bonds is 0. The molecule has 0 aliphatic rings. The second kappa shape index (κ2) is 16.0. The Morgan fingerprint density at radius 2 is 1.14 bits per heavy atom. The summed E-state index contributed by atoms with van der Waals surface area (Å²) in [7, 11) is 0. The molecule has 0 aliphatic heterocycles. The van der Waals surface area contributed by atoms with Crippen molar-refractivity contribution in [1.29, 1.82) is 0 Å². The van der Waals surface area contributed by atoms with Crippen molar-refractivity contribution in [3.05, 3.63) is 0 Å². The fourth-order valence-electron chi connectivity index (χ4n) is 0. The van der Waals surface area contributed by atoms with E-state index in [0.717, 1.165) is 0 Å². The van der Waals surface area contributed by atoms with Gasteiger partial charge in [-0.3, -0.25) is 0 Å². The van der Waals surface area contributed by atoms with Crippen LogP contribution in [0.15, 0.2) is 0 Å². The van der Waals surface area contributed by atoms with Gasteiger partial charge < -0.3 is 10.2 Å². The molecule has 0 amide bonds. The maximum absolute atomic E-state index is 8.56. The normalized spacial score (nSPS) is 3.43. The standard InChI is InChI=1S/CH2O3.2Ba.BrH.4H/c2-1(3)4;;;;;;;/h(H2,2,3,4);;;1H;;;;. The van der Waals surface area contributed by atoms with Crippen LogP contribution in [0.5, 0.6) is 0 Å². The number of hydrogen-bond acceptors (Lipinski definition) is 1. The molecule has 7 heavy (non-hydrogen) atoms. The summed E-state index contributed by atoms with van der Waals surface area (Å²) in [5.74, 6) is 0. The Morgan fingerprint density at radius 3 is 1.14 bits per heavy atom. The van der Waals surface area contributed by atoms with Crippen LogP contribution in [0.3, 0.4) is 0 Å². The maximum atomic E-state index is 8.56. The van der Waals surface area contributed by atoms with Gasteiger partial charge in [0.15, 0.2) is 0 Å². The molecular formula is CH7Ba2BrO3. The van der Waals surface area contributed by atoms with Crippen molar-refractivity contribution in [3.8, 4) is 0 Å². The van der Waals surface area contributed by atoms with Gasteiger partial charge in [0.2, 0.25) is 0 Å². The van der Waals surface area contributed by atoms with E-state index in [2.05, 4.69) is 0 Å². The summed E-state index contributed by atoms with van der Waals surface area (Å²) in [5, 5.41) is 13.9. The molecule has 0 bridgehead atoms. The molecule has 3 nitrogen and oxygen atoms in total. The fourth-order valence-corrected chi connectivity index (χ4v) is 0. The number of carbonyl (C=O) groups is 1. The van der Waals surface area contributed by atoms with Crippen molar-refractivity contribution in [2.45, 2.75) is 0 Å². The zero-order valence-corrected chi connectivity index (χ0v) is 3.92. The molecule has 0 saturated carbocycles. The van der Waals surface area contributed by atoms with Gasteiger partial charge in [0, 0.05) is 0 Å². The van der Waals surface area contributed by atoms with E-state index in [1.807, 2.05) is 0 Å². The van der Waals surface area contributed by atoms with Gasteiger partial charge in [-0.05, 0) is 0 Å². The quantitative estimate of drug-likeness (QED) is 0.492. The van der Waals surface area contributed by atoms with Crippen LogP contribution in [-0.2, 0) is 0 Å². The van der Waals surface area contributed by atoms with Crippen LogP contribution >= 0.6 is 17.0 Å². The molecule has 0 unspecified atom stereocenters. The summed E-state index contributed by atoms with van der Waals surface area (Å²) in [6.07, 6.45) is -1.83. The van der Waals surface area contributed by atoms with Crippen LogP contribution in [-0.4, -0.2) is 114 Å². The van der Waals surface area contributed by atoms with Gasteiger partial charge in [0.25, 0.3) is 0 Å². The number of hydrogen-bond donors (Lipinski definition) is 2. The molecule has 0 fully saturated rings. The summed E-state index contributed by atoms with van der Waals surface area (Å²) in [5.41, 5.74) is 0. The van der Waals surface area contributed by atoms with E-state index in [4.69, 9.17) is 15.0 Å². The summed E-state index contributed by atoms with van der Waals surface area (Å²) >= 11 is 0. The monoisotopic (exact) mass is 422 g/mol. The summed E-state index contributed by atoms with van der Waals surface area (Å²) in [6.45, 7) is 0. The van der Waals surface area contributed by atoms with Crippen molar-refractivity contribution < 1.29 is 15.0 Å². The third-order valence-corrected chi connectivity index (χ3v) is 0. The molecule has 0 saturated heterocycles. The van der Waals surface area contributed by atoms with Crippen LogP contribution < -0.4 is 0 Å². The van der Waals surface area contributed by atoms with E-state index in [9.17, 15) is 0 Å². The van der Waals surface area contributed by atoms with Crippen LogP contribution in [0.1, 0.15) is 0 Å². The molecule has 6 heteroatoms. The van der Waals surface area contributed by atoms with Crippen molar-refractivity contribution in [3.63, 3.8) is 0 Å². The first kappa shape index (κ1) is 22.5. The molecule has 0 aromatic rings. The van der Waals surface area contributed by atoms with Crippen LogP contribution in [0.25, 0.3) is 0 Å². The van der Waals surface area contributed by atoms with E-state index in [0.29, 0.717) is 0 Å². The van der Waals surface area contributed by atoms with Gasteiger partial charge in [0.1, 0.15) is 0 Å². The van der Waals surface area contributed by atoms with Crippen molar-refractivity contribution >= 4 is 121 Å². The van der Waals surface area contributed by atoms with E-state index in [1.165, 1.54) is 0 Å². The van der Waals surface area contributed by atoms with Gasteiger partial charge in [-0.15, -0.1) is 17.0 Å². The molecule has 40 valence electrons. The average Bonchev–Trinajstić information content (AvgIpc) is 0.811.